The number of aromatic nitrogens is 1. The van der Waals surface area contributed by atoms with Gasteiger partial charge < -0.3 is 4.74 Å². The van der Waals surface area contributed by atoms with Gasteiger partial charge in [0.15, 0.2) is 0 Å². The van der Waals surface area contributed by atoms with E-state index in [0.29, 0.717) is 6.42 Å². The standard InChI is InChI=1S/C12H18N2O2/c1-4-11(12(15)16-3)14-9(2)10-5-7-13-8-6-10/h5-9,11,14H,4H2,1-3H3. The summed E-state index contributed by atoms with van der Waals surface area (Å²) in [6.45, 7) is 3.97. The second-order valence-corrected chi connectivity index (χ2v) is 3.65. The molecule has 4 heteroatoms. The van der Waals surface area contributed by atoms with Crippen LogP contribution >= 0.6 is 0 Å². The highest BCUT2D eigenvalue weighted by Gasteiger charge is 2.19. The van der Waals surface area contributed by atoms with Crippen molar-refractivity contribution in [3.05, 3.63) is 30.1 Å². The molecule has 0 saturated carbocycles. The third kappa shape index (κ3) is 3.31. The molecule has 0 saturated heterocycles. The number of nitrogens with one attached hydrogen (secondary N) is 1. The fourth-order valence-corrected chi connectivity index (χ4v) is 1.54. The predicted octanol–water partition coefficient (Wildman–Crippen LogP) is 1.68. The number of pyridine rings is 1. The van der Waals surface area contributed by atoms with Crippen LogP contribution in [0.3, 0.4) is 0 Å². The third-order valence-electron chi connectivity index (χ3n) is 2.55. The number of carbonyl (C=O) groups is 1. The Morgan fingerprint density at radius 3 is 2.62 bits per heavy atom. The van der Waals surface area contributed by atoms with Crippen LogP contribution in [0.25, 0.3) is 0 Å². The normalized spacial score (nSPS) is 14.2. The van der Waals surface area contributed by atoms with Gasteiger partial charge in [0.05, 0.1) is 7.11 Å². The van der Waals surface area contributed by atoms with E-state index in [1.54, 1.807) is 12.4 Å². The van der Waals surface area contributed by atoms with E-state index < -0.39 is 0 Å². The summed E-state index contributed by atoms with van der Waals surface area (Å²) >= 11 is 0. The van der Waals surface area contributed by atoms with Crippen molar-refractivity contribution in [3.63, 3.8) is 0 Å². The maximum atomic E-state index is 11.4. The van der Waals surface area contributed by atoms with E-state index in [9.17, 15) is 4.79 Å². The molecule has 0 spiro atoms. The van der Waals surface area contributed by atoms with E-state index in [-0.39, 0.29) is 18.1 Å². The Morgan fingerprint density at radius 2 is 2.12 bits per heavy atom. The summed E-state index contributed by atoms with van der Waals surface area (Å²) < 4.78 is 4.73. The van der Waals surface area contributed by atoms with Crippen LogP contribution in [-0.2, 0) is 9.53 Å². The number of rotatable bonds is 5. The van der Waals surface area contributed by atoms with Crippen molar-refractivity contribution >= 4 is 5.97 Å². The molecule has 0 amide bonds. The summed E-state index contributed by atoms with van der Waals surface area (Å²) in [6.07, 6.45) is 4.20. The molecule has 1 aromatic rings. The molecule has 0 fully saturated rings. The van der Waals surface area contributed by atoms with Gasteiger partial charge in [0.1, 0.15) is 6.04 Å². The van der Waals surface area contributed by atoms with Gasteiger partial charge in [-0.25, -0.2) is 0 Å². The van der Waals surface area contributed by atoms with Crippen LogP contribution in [0.4, 0.5) is 0 Å². The van der Waals surface area contributed by atoms with Gasteiger partial charge in [-0.2, -0.15) is 0 Å². The Hall–Kier alpha value is -1.42. The van der Waals surface area contributed by atoms with Gasteiger partial charge in [0.25, 0.3) is 0 Å². The van der Waals surface area contributed by atoms with Crippen molar-refractivity contribution in [2.24, 2.45) is 0 Å². The lowest BCUT2D eigenvalue weighted by Crippen LogP contribution is -2.38. The van der Waals surface area contributed by atoms with Crippen molar-refractivity contribution in [1.29, 1.82) is 0 Å². The van der Waals surface area contributed by atoms with Crippen molar-refractivity contribution in [1.82, 2.24) is 10.3 Å². The molecule has 0 bridgehead atoms. The lowest BCUT2D eigenvalue weighted by atomic mass is 10.1. The Bertz CT molecular complexity index is 327. The minimum atomic E-state index is -0.256. The van der Waals surface area contributed by atoms with Crippen LogP contribution < -0.4 is 5.32 Å². The van der Waals surface area contributed by atoms with Crippen LogP contribution in [0.15, 0.2) is 24.5 Å². The van der Waals surface area contributed by atoms with Crippen molar-refractivity contribution < 1.29 is 9.53 Å². The highest BCUT2D eigenvalue weighted by molar-refractivity contribution is 5.75. The van der Waals surface area contributed by atoms with Crippen molar-refractivity contribution in [3.8, 4) is 0 Å². The molecule has 1 rings (SSSR count). The van der Waals surface area contributed by atoms with Gasteiger partial charge in [0, 0.05) is 18.4 Å². The number of esters is 1. The van der Waals surface area contributed by atoms with Crippen molar-refractivity contribution in [2.45, 2.75) is 32.4 Å². The third-order valence-corrected chi connectivity index (χ3v) is 2.55. The predicted molar refractivity (Wildman–Crippen MR) is 61.9 cm³/mol. The van der Waals surface area contributed by atoms with E-state index in [1.807, 2.05) is 26.0 Å². The maximum Gasteiger partial charge on any atom is 0.322 e. The number of nitrogens with zero attached hydrogens (tertiary/aromatic N) is 1. The van der Waals surface area contributed by atoms with E-state index in [4.69, 9.17) is 4.74 Å². The molecular formula is C12H18N2O2. The molecule has 16 heavy (non-hydrogen) atoms. The summed E-state index contributed by atoms with van der Waals surface area (Å²) in [5.74, 6) is -0.219. The Kier molecular flexibility index (Phi) is 4.92. The Labute approximate surface area is 96.0 Å². The van der Waals surface area contributed by atoms with E-state index >= 15 is 0 Å². The molecule has 0 aromatic carbocycles. The molecule has 1 heterocycles. The zero-order chi connectivity index (χ0) is 12.0. The van der Waals surface area contributed by atoms with Crippen molar-refractivity contribution in [2.75, 3.05) is 7.11 Å². The highest BCUT2D eigenvalue weighted by Crippen LogP contribution is 2.12. The zero-order valence-electron chi connectivity index (χ0n) is 9.93. The van der Waals surface area contributed by atoms with E-state index in [2.05, 4.69) is 10.3 Å². The van der Waals surface area contributed by atoms with Crippen LogP contribution in [0.2, 0.25) is 0 Å². The molecular weight excluding hydrogens is 204 g/mol. The maximum absolute atomic E-state index is 11.4. The number of carbonyl (C=O) groups excluding carboxylic acids is 1. The second-order valence-electron chi connectivity index (χ2n) is 3.65. The molecule has 2 atom stereocenters. The molecule has 0 aliphatic heterocycles. The van der Waals surface area contributed by atoms with E-state index in [1.165, 1.54) is 7.11 Å². The number of ether oxygens (including phenoxy) is 1. The lowest BCUT2D eigenvalue weighted by Gasteiger charge is -2.20. The quantitative estimate of drug-likeness (QED) is 0.770. The lowest BCUT2D eigenvalue weighted by molar-refractivity contribution is -0.143. The molecule has 4 nitrogen and oxygen atoms in total. The average molecular weight is 222 g/mol. The average Bonchev–Trinajstić information content (AvgIpc) is 2.35. The van der Waals surface area contributed by atoms with Gasteiger partial charge in [-0.1, -0.05) is 6.92 Å². The topological polar surface area (TPSA) is 51.2 Å². The number of hydrogen-bond donors (Lipinski definition) is 1. The molecule has 1 N–H and O–H groups in total. The molecule has 0 aliphatic rings. The van der Waals surface area contributed by atoms with Gasteiger partial charge in [0.2, 0.25) is 0 Å². The largest absolute Gasteiger partial charge is 0.468 e. The SMILES string of the molecule is CCC(NC(C)c1ccncc1)C(=O)OC. The van der Waals surface area contributed by atoms with E-state index in [0.717, 1.165) is 5.56 Å². The minimum Gasteiger partial charge on any atom is -0.468 e. The summed E-state index contributed by atoms with van der Waals surface area (Å²) in [5.41, 5.74) is 1.11. The van der Waals surface area contributed by atoms with Gasteiger partial charge >= 0.3 is 5.97 Å². The molecule has 0 radical (unpaired) electrons. The zero-order valence-corrected chi connectivity index (χ0v) is 9.93. The second kappa shape index (κ2) is 6.23. The number of methoxy groups -OCH3 is 1. The fraction of sp³-hybridized carbons (Fsp3) is 0.500. The molecule has 1 aromatic heterocycles. The smallest absolute Gasteiger partial charge is 0.322 e. The van der Waals surface area contributed by atoms with Crippen LogP contribution in [0, 0.1) is 0 Å². The summed E-state index contributed by atoms with van der Waals surface area (Å²) in [4.78, 5) is 15.4. The Balaban J connectivity index is 2.62. The van der Waals surface area contributed by atoms with Crippen LogP contribution in [0.1, 0.15) is 31.9 Å². The molecule has 2 unspecified atom stereocenters. The van der Waals surface area contributed by atoms with Crippen LogP contribution in [0.5, 0.6) is 0 Å². The first-order chi connectivity index (χ1) is 7.69. The van der Waals surface area contributed by atoms with Crippen LogP contribution in [-0.4, -0.2) is 24.1 Å². The monoisotopic (exact) mass is 222 g/mol. The first kappa shape index (κ1) is 12.6. The van der Waals surface area contributed by atoms with Gasteiger partial charge in [-0.3, -0.25) is 15.1 Å². The minimum absolute atomic E-state index is 0.104. The molecule has 88 valence electrons. The fourth-order valence-electron chi connectivity index (χ4n) is 1.54. The summed E-state index contributed by atoms with van der Waals surface area (Å²) in [6, 6.07) is 3.71. The highest BCUT2D eigenvalue weighted by atomic mass is 16.5. The molecule has 0 aliphatic carbocycles. The summed E-state index contributed by atoms with van der Waals surface area (Å²) in [7, 11) is 1.41. The summed E-state index contributed by atoms with van der Waals surface area (Å²) in [5, 5.41) is 3.23. The Morgan fingerprint density at radius 1 is 1.50 bits per heavy atom. The first-order valence-electron chi connectivity index (χ1n) is 5.42. The number of hydrogen-bond acceptors (Lipinski definition) is 4. The van der Waals surface area contributed by atoms with Gasteiger partial charge in [-0.15, -0.1) is 0 Å². The van der Waals surface area contributed by atoms with Gasteiger partial charge in [-0.05, 0) is 31.0 Å². The first-order valence-corrected chi connectivity index (χ1v) is 5.42.